The van der Waals surface area contributed by atoms with Gasteiger partial charge in [0.2, 0.25) is 0 Å². The third-order valence-electron chi connectivity index (χ3n) is 6.75. The molecule has 1 aliphatic rings. The molecule has 8 heteroatoms. The van der Waals surface area contributed by atoms with Crippen LogP contribution in [0.2, 0.25) is 0 Å². The minimum absolute atomic E-state index is 0.0530. The van der Waals surface area contributed by atoms with Crippen LogP contribution in [0.3, 0.4) is 0 Å². The lowest BCUT2D eigenvalue weighted by Crippen LogP contribution is -2.28. The Morgan fingerprint density at radius 1 is 1.12 bits per heavy atom. The lowest BCUT2D eigenvalue weighted by atomic mass is 10.0. The molecule has 170 valence electrons. The van der Waals surface area contributed by atoms with Gasteiger partial charge in [-0.15, -0.1) is 5.10 Å². The van der Waals surface area contributed by atoms with Gasteiger partial charge in [-0.05, 0) is 71.3 Å². The number of rotatable bonds is 7. The van der Waals surface area contributed by atoms with Crippen LogP contribution in [0.25, 0.3) is 10.9 Å². The molecule has 1 N–H and O–H groups in total. The molecule has 4 aromatic rings. The van der Waals surface area contributed by atoms with E-state index in [-0.39, 0.29) is 5.56 Å². The second kappa shape index (κ2) is 9.23. The molecule has 0 bridgehead atoms. The van der Waals surface area contributed by atoms with Gasteiger partial charge in [-0.1, -0.05) is 31.0 Å². The smallest absolute Gasteiger partial charge is 0.252 e. The molecule has 0 radical (unpaired) electrons. The van der Waals surface area contributed by atoms with Crippen LogP contribution in [0.1, 0.15) is 59.8 Å². The number of nitrogens with zero attached hydrogens (tertiary/aromatic N) is 6. The van der Waals surface area contributed by atoms with E-state index < -0.39 is 0 Å². The molecular weight excluding hydrogens is 414 g/mol. The molecule has 0 amide bonds. The first-order chi connectivity index (χ1) is 16.1. The highest BCUT2D eigenvalue weighted by atomic mass is 16.1. The molecule has 3 aromatic heterocycles. The summed E-state index contributed by atoms with van der Waals surface area (Å²) < 4.78 is 1.99. The maximum Gasteiger partial charge on any atom is 0.252 e. The average molecular weight is 444 g/mol. The fourth-order valence-electron chi connectivity index (χ4n) is 4.79. The molecule has 1 fully saturated rings. The fourth-order valence-corrected chi connectivity index (χ4v) is 4.79. The summed E-state index contributed by atoms with van der Waals surface area (Å²) in [4.78, 5) is 22.6. The van der Waals surface area contributed by atoms with E-state index in [4.69, 9.17) is 0 Å². The summed E-state index contributed by atoms with van der Waals surface area (Å²) in [7, 11) is 0. The lowest BCUT2D eigenvalue weighted by molar-refractivity contribution is 0.231. The van der Waals surface area contributed by atoms with Crippen LogP contribution in [0, 0.1) is 13.8 Å². The van der Waals surface area contributed by atoms with Gasteiger partial charge in [-0.25, -0.2) is 4.68 Å². The van der Waals surface area contributed by atoms with E-state index in [1.54, 1.807) is 6.20 Å². The molecule has 1 aromatic carbocycles. The first-order valence-corrected chi connectivity index (χ1v) is 11.6. The summed E-state index contributed by atoms with van der Waals surface area (Å²) in [5, 5.41) is 13.6. The maximum absolute atomic E-state index is 13.0. The maximum atomic E-state index is 13.0. The quantitative estimate of drug-likeness (QED) is 0.466. The Bertz CT molecular complexity index is 1310. The van der Waals surface area contributed by atoms with Gasteiger partial charge >= 0.3 is 0 Å². The molecule has 3 heterocycles. The predicted octanol–water partition coefficient (Wildman–Crippen LogP) is 3.84. The molecule has 5 rings (SSSR count). The first-order valence-electron chi connectivity index (χ1n) is 11.6. The van der Waals surface area contributed by atoms with Crippen molar-refractivity contribution < 1.29 is 0 Å². The second-order valence-corrected chi connectivity index (χ2v) is 9.08. The van der Waals surface area contributed by atoms with E-state index in [9.17, 15) is 4.79 Å². The molecule has 1 saturated carbocycles. The van der Waals surface area contributed by atoms with Crippen LogP contribution in [0.5, 0.6) is 0 Å². The van der Waals surface area contributed by atoms with E-state index in [1.165, 1.54) is 18.4 Å². The van der Waals surface area contributed by atoms with Crippen LogP contribution >= 0.6 is 0 Å². The first kappa shape index (κ1) is 21.5. The number of pyridine rings is 2. The van der Waals surface area contributed by atoms with Crippen molar-refractivity contribution in [3.8, 4) is 0 Å². The van der Waals surface area contributed by atoms with E-state index in [0.717, 1.165) is 46.3 Å². The second-order valence-electron chi connectivity index (χ2n) is 9.08. The minimum Gasteiger partial charge on any atom is -0.321 e. The number of H-pyrrole nitrogens is 1. The summed E-state index contributed by atoms with van der Waals surface area (Å²) in [5.74, 6) is 0.842. The molecule has 0 saturated heterocycles. The minimum atomic E-state index is -0.0530. The highest BCUT2D eigenvalue weighted by molar-refractivity contribution is 5.83. The van der Waals surface area contributed by atoms with Crippen molar-refractivity contribution in [1.29, 1.82) is 0 Å². The molecule has 0 aliphatic heterocycles. The molecule has 0 atom stereocenters. The largest absolute Gasteiger partial charge is 0.321 e. The zero-order valence-corrected chi connectivity index (χ0v) is 19.2. The summed E-state index contributed by atoms with van der Waals surface area (Å²) >= 11 is 0. The van der Waals surface area contributed by atoms with Gasteiger partial charge in [0, 0.05) is 31.0 Å². The van der Waals surface area contributed by atoms with Crippen LogP contribution in [0.4, 0.5) is 0 Å². The number of nitrogens with one attached hydrogen (secondary N) is 1. The molecule has 33 heavy (non-hydrogen) atoms. The molecule has 0 spiro atoms. The number of fused-ring (bicyclic) bond motifs is 1. The Labute approximate surface area is 192 Å². The molecule has 0 unspecified atom stereocenters. The van der Waals surface area contributed by atoms with Gasteiger partial charge in [0.1, 0.15) is 0 Å². The van der Waals surface area contributed by atoms with Gasteiger partial charge in [-0.3, -0.25) is 14.7 Å². The van der Waals surface area contributed by atoms with Crippen LogP contribution < -0.4 is 5.56 Å². The topological polar surface area (TPSA) is 92.6 Å². The highest BCUT2D eigenvalue weighted by Crippen LogP contribution is 2.29. The number of tetrazole rings is 1. The van der Waals surface area contributed by atoms with Gasteiger partial charge in [0.05, 0.1) is 18.1 Å². The number of aryl methyl sites for hydroxylation is 2. The van der Waals surface area contributed by atoms with Gasteiger partial charge in [-0.2, -0.15) is 0 Å². The fraction of sp³-hybridized carbons (Fsp3) is 0.400. The van der Waals surface area contributed by atoms with Crippen LogP contribution in [0.15, 0.2) is 47.5 Å². The number of aromatic nitrogens is 6. The summed E-state index contributed by atoms with van der Waals surface area (Å²) in [6.07, 6.45) is 8.30. The number of aromatic amines is 1. The van der Waals surface area contributed by atoms with Crippen molar-refractivity contribution in [3.05, 3.63) is 81.2 Å². The van der Waals surface area contributed by atoms with Crippen molar-refractivity contribution in [2.75, 3.05) is 0 Å². The Kier molecular flexibility index (Phi) is 6.00. The SMILES string of the molecule is Cc1ccc2cc(CN(Cc3cccnc3)Cc3nnnn3C3CCCC3)c(=O)[nH]c2c1C. The van der Waals surface area contributed by atoms with Crippen molar-refractivity contribution in [2.24, 2.45) is 0 Å². The normalized spacial score (nSPS) is 14.5. The van der Waals surface area contributed by atoms with Crippen molar-refractivity contribution >= 4 is 10.9 Å². The zero-order valence-electron chi connectivity index (χ0n) is 19.2. The molecule has 1 aliphatic carbocycles. The van der Waals surface area contributed by atoms with Gasteiger partial charge < -0.3 is 4.98 Å². The highest BCUT2D eigenvalue weighted by Gasteiger charge is 2.23. The van der Waals surface area contributed by atoms with Gasteiger partial charge in [0.25, 0.3) is 5.56 Å². The molecule has 8 nitrogen and oxygen atoms in total. The third kappa shape index (κ3) is 4.57. The monoisotopic (exact) mass is 443 g/mol. The lowest BCUT2D eigenvalue weighted by Gasteiger charge is -2.23. The van der Waals surface area contributed by atoms with E-state index in [1.807, 2.05) is 29.9 Å². The van der Waals surface area contributed by atoms with Gasteiger partial charge in [0.15, 0.2) is 5.82 Å². The number of hydrogen-bond donors (Lipinski definition) is 1. The number of hydrogen-bond acceptors (Lipinski definition) is 6. The van der Waals surface area contributed by atoms with E-state index in [2.05, 4.69) is 55.5 Å². The third-order valence-corrected chi connectivity index (χ3v) is 6.75. The van der Waals surface area contributed by atoms with Crippen LogP contribution in [-0.2, 0) is 19.6 Å². The standard InChI is InChI=1S/C25H29N7O/c1-17-9-10-20-12-21(25(33)27-24(20)18(17)2)15-31(14-19-6-5-11-26-13-19)16-23-28-29-30-32(23)22-7-3-4-8-22/h5-6,9-13,22H,3-4,7-8,14-16H2,1-2H3,(H,27,33). The van der Waals surface area contributed by atoms with Crippen molar-refractivity contribution in [3.63, 3.8) is 0 Å². The predicted molar refractivity (Wildman–Crippen MR) is 127 cm³/mol. The Morgan fingerprint density at radius 3 is 2.76 bits per heavy atom. The Morgan fingerprint density at radius 2 is 1.97 bits per heavy atom. The number of benzene rings is 1. The summed E-state index contributed by atoms with van der Waals surface area (Å²) in [5.41, 5.74) is 4.95. The van der Waals surface area contributed by atoms with Crippen molar-refractivity contribution in [2.45, 2.75) is 65.2 Å². The van der Waals surface area contributed by atoms with Crippen LogP contribution in [-0.4, -0.2) is 35.1 Å². The zero-order chi connectivity index (χ0) is 22.8. The van der Waals surface area contributed by atoms with Crippen molar-refractivity contribution in [1.82, 2.24) is 35.1 Å². The Hall–Kier alpha value is -3.39. The average Bonchev–Trinajstić information content (AvgIpc) is 3.50. The summed E-state index contributed by atoms with van der Waals surface area (Å²) in [6.45, 7) is 5.80. The van der Waals surface area contributed by atoms with E-state index in [0.29, 0.717) is 25.7 Å². The summed E-state index contributed by atoms with van der Waals surface area (Å²) in [6, 6.07) is 10.5. The molecular formula is C25H29N7O. The van der Waals surface area contributed by atoms with E-state index >= 15 is 0 Å². The Balaban J connectivity index is 1.46.